The summed E-state index contributed by atoms with van der Waals surface area (Å²) in [7, 11) is 0. The molecule has 0 radical (unpaired) electrons. The van der Waals surface area contributed by atoms with Gasteiger partial charge in [-0.2, -0.15) is 0 Å². The third-order valence-electron chi connectivity index (χ3n) is 4.33. The maximum absolute atomic E-state index is 6.02. The van der Waals surface area contributed by atoms with Crippen LogP contribution in [0.3, 0.4) is 0 Å². The van der Waals surface area contributed by atoms with Gasteiger partial charge in [0.15, 0.2) is 0 Å². The standard InChI is InChI=1S/C15H26N2OS/c1-5-15(6-2)9-13(7-8-18-15)16-10-14-11(3)17-12(4)19-14/h13,16H,5-10H2,1-4H3. The Morgan fingerprint density at radius 3 is 2.68 bits per heavy atom. The minimum Gasteiger partial charge on any atom is -0.375 e. The minimum absolute atomic E-state index is 0.106. The number of thiazole rings is 1. The molecule has 0 amide bonds. The molecule has 108 valence electrons. The Hall–Kier alpha value is -0.450. The SMILES string of the molecule is CCC1(CC)CC(NCc2sc(C)nc2C)CCO1. The molecule has 1 aliphatic heterocycles. The van der Waals surface area contributed by atoms with Crippen molar-refractivity contribution in [2.75, 3.05) is 6.61 Å². The van der Waals surface area contributed by atoms with E-state index >= 15 is 0 Å². The van der Waals surface area contributed by atoms with Crippen LogP contribution in [0.4, 0.5) is 0 Å². The van der Waals surface area contributed by atoms with Gasteiger partial charge in [0.05, 0.1) is 16.3 Å². The van der Waals surface area contributed by atoms with Crippen LogP contribution in [0.2, 0.25) is 0 Å². The summed E-state index contributed by atoms with van der Waals surface area (Å²) < 4.78 is 6.02. The fourth-order valence-electron chi connectivity index (χ4n) is 2.92. The zero-order valence-corrected chi connectivity index (χ0v) is 13.4. The molecule has 0 aromatic carbocycles. The van der Waals surface area contributed by atoms with Gasteiger partial charge in [0.25, 0.3) is 0 Å². The summed E-state index contributed by atoms with van der Waals surface area (Å²) in [6.45, 7) is 10.5. The second-order valence-electron chi connectivity index (χ2n) is 5.55. The first-order chi connectivity index (χ1) is 9.08. The zero-order chi connectivity index (χ0) is 13.9. The summed E-state index contributed by atoms with van der Waals surface area (Å²) >= 11 is 1.81. The number of ether oxygens (including phenoxy) is 1. The number of aromatic nitrogens is 1. The van der Waals surface area contributed by atoms with Crippen LogP contribution in [-0.2, 0) is 11.3 Å². The van der Waals surface area contributed by atoms with Crippen molar-refractivity contribution in [2.24, 2.45) is 0 Å². The van der Waals surface area contributed by atoms with E-state index in [-0.39, 0.29) is 5.60 Å². The van der Waals surface area contributed by atoms with Crippen LogP contribution in [-0.4, -0.2) is 23.2 Å². The van der Waals surface area contributed by atoms with Gasteiger partial charge in [-0.25, -0.2) is 4.98 Å². The second-order valence-corrected chi connectivity index (χ2v) is 6.84. The Morgan fingerprint density at radius 2 is 2.11 bits per heavy atom. The van der Waals surface area contributed by atoms with E-state index in [1.807, 2.05) is 11.3 Å². The first kappa shape index (κ1) is 14.9. The van der Waals surface area contributed by atoms with Crippen LogP contribution in [0, 0.1) is 13.8 Å². The van der Waals surface area contributed by atoms with Gasteiger partial charge >= 0.3 is 0 Å². The van der Waals surface area contributed by atoms with Gasteiger partial charge in [-0.3, -0.25) is 0 Å². The number of hydrogen-bond acceptors (Lipinski definition) is 4. The van der Waals surface area contributed by atoms with E-state index in [9.17, 15) is 0 Å². The predicted molar refractivity (Wildman–Crippen MR) is 80.7 cm³/mol. The first-order valence-corrected chi connectivity index (χ1v) is 8.20. The molecule has 1 atom stereocenters. The molecule has 19 heavy (non-hydrogen) atoms. The van der Waals surface area contributed by atoms with Crippen molar-refractivity contribution < 1.29 is 4.74 Å². The van der Waals surface area contributed by atoms with Crippen molar-refractivity contribution in [1.29, 1.82) is 0 Å². The van der Waals surface area contributed by atoms with Crippen molar-refractivity contribution in [3.05, 3.63) is 15.6 Å². The lowest BCUT2D eigenvalue weighted by molar-refractivity contribution is -0.0931. The van der Waals surface area contributed by atoms with E-state index in [4.69, 9.17) is 4.74 Å². The van der Waals surface area contributed by atoms with E-state index in [2.05, 4.69) is 38.0 Å². The molecule has 0 bridgehead atoms. The van der Waals surface area contributed by atoms with Crippen molar-refractivity contribution in [3.8, 4) is 0 Å². The molecule has 1 saturated heterocycles. The Balaban J connectivity index is 1.91. The molecular formula is C15H26N2OS. The molecule has 1 unspecified atom stereocenters. The van der Waals surface area contributed by atoms with Crippen LogP contribution in [0.15, 0.2) is 0 Å². The molecule has 0 spiro atoms. The van der Waals surface area contributed by atoms with E-state index in [1.165, 1.54) is 10.6 Å². The summed E-state index contributed by atoms with van der Waals surface area (Å²) in [4.78, 5) is 5.87. The highest BCUT2D eigenvalue weighted by Gasteiger charge is 2.34. The van der Waals surface area contributed by atoms with Crippen molar-refractivity contribution in [3.63, 3.8) is 0 Å². The Morgan fingerprint density at radius 1 is 1.37 bits per heavy atom. The van der Waals surface area contributed by atoms with Crippen molar-refractivity contribution in [2.45, 2.75) is 71.6 Å². The number of aryl methyl sites for hydroxylation is 2. The van der Waals surface area contributed by atoms with E-state index in [0.717, 1.165) is 43.8 Å². The maximum Gasteiger partial charge on any atom is 0.0900 e. The van der Waals surface area contributed by atoms with Gasteiger partial charge < -0.3 is 10.1 Å². The van der Waals surface area contributed by atoms with Crippen molar-refractivity contribution in [1.82, 2.24) is 10.3 Å². The molecule has 1 aromatic heterocycles. The van der Waals surface area contributed by atoms with Gasteiger partial charge in [0.1, 0.15) is 0 Å². The van der Waals surface area contributed by atoms with Crippen LogP contribution >= 0.6 is 11.3 Å². The molecule has 0 aliphatic carbocycles. The lowest BCUT2D eigenvalue weighted by Gasteiger charge is -2.40. The summed E-state index contributed by atoms with van der Waals surface area (Å²) in [5, 5.41) is 4.87. The first-order valence-electron chi connectivity index (χ1n) is 7.39. The van der Waals surface area contributed by atoms with Gasteiger partial charge in [-0.15, -0.1) is 11.3 Å². The fourth-order valence-corrected chi connectivity index (χ4v) is 3.81. The fraction of sp³-hybridized carbons (Fsp3) is 0.800. The highest BCUT2D eigenvalue weighted by molar-refractivity contribution is 7.11. The molecule has 1 N–H and O–H groups in total. The molecule has 4 heteroatoms. The number of rotatable bonds is 5. The normalized spacial score (nSPS) is 22.6. The van der Waals surface area contributed by atoms with Crippen molar-refractivity contribution >= 4 is 11.3 Å². The molecule has 0 saturated carbocycles. The molecule has 1 aromatic rings. The molecule has 2 heterocycles. The number of nitrogens with zero attached hydrogens (tertiary/aromatic N) is 1. The molecule has 1 aliphatic rings. The summed E-state index contributed by atoms with van der Waals surface area (Å²) in [5.74, 6) is 0. The van der Waals surface area contributed by atoms with Gasteiger partial charge in [0.2, 0.25) is 0 Å². The summed E-state index contributed by atoms with van der Waals surface area (Å²) in [6, 6.07) is 0.579. The Bertz CT molecular complexity index is 412. The summed E-state index contributed by atoms with van der Waals surface area (Å²) in [5.41, 5.74) is 1.29. The largest absolute Gasteiger partial charge is 0.375 e. The lowest BCUT2D eigenvalue weighted by atomic mass is 9.86. The quantitative estimate of drug-likeness (QED) is 0.896. The van der Waals surface area contributed by atoms with E-state index in [1.54, 1.807) is 0 Å². The minimum atomic E-state index is 0.106. The van der Waals surface area contributed by atoms with Crippen LogP contribution in [0.1, 0.15) is 55.1 Å². The van der Waals surface area contributed by atoms with E-state index < -0.39 is 0 Å². The van der Waals surface area contributed by atoms with Crippen LogP contribution in [0.5, 0.6) is 0 Å². The monoisotopic (exact) mass is 282 g/mol. The highest BCUT2D eigenvalue weighted by atomic mass is 32.1. The average molecular weight is 282 g/mol. The molecule has 1 fully saturated rings. The predicted octanol–water partition coefficient (Wildman–Crippen LogP) is 3.59. The lowest BCUT2D eigenvalue weighted by Crippen LogP contribution is -2.46. The summed E-state index contributed by atoms with van der Waals surface area (Å²) in [6.07, 6.45) is 4.48. The van der Waals surface area contributed by atoms with E-state index in [0.29, 0.717) is 6.04 Å². The Kier molecular flexibility index (Phi) is 4.98. The van der Waals surface area contributed by atoms with Gasteiger partial charge in [-0.05, 0) is 39.5 Å². The highest BCUT2D eigenvalue weighted by Crippen LogP contribution is 2.31. The number of hydrogen-bond donors (Lipinski definition) is 1. The van der Waals surface area contributed by atoms with Crippen LogP contribution in [0.25, 0.3) is 0 Å². The molecular weight excluding hydrogens is 256 g/mol. The molecule has 2 rings (SSSR count). The topological polar surface area (TPSA) is 34.2 Å². The maximum atomic E-state index is 6.02. The Labute approximate surface area is 120 Å². The third-order valence-corrected chi connectivity index (χ3v) is 5.41. The molecule has 3 nitrogen and oxygen atoms in total. The number of nitrogens with one attached hydrogen (secondary N) is 1. The van der Waals surface area contributed by atoms with Crippen LogP contribution < -0.4 is 5.32 Å². The third kappa shape index (κ3) is 3.56. The smallest absolute Gasteiger partial charge is 0.0900 e. The average Bonchev–Trinajstić information content (AvgIpc) is 2.75. The van der Waals surface area contributed by atoms with Gasteiger partial charge in [-0.1, -0.05) is 13.8 Å². The second kappa shape index (κ2) is 6.33. The van der Waals surface area contributed by atoms with Gasteiger partial charge in [0, 0.05) is 24.1 Å². The zero-order valence-electron chi connectivity index (χ0n) is 12.6.